The number of hydrogen-bond donors (Lipinski definition) is 1. The molecule has 3 atom stereocenters. The number of benzene rings is 1. The van der Waals surface area contributed by atoms with Crippen LogP contribution in [0, 0.1) is 5.92 Å². The molecule has 0 amide bonds. The van der Waals surface area contributed by atoms with Gasteiger partial charge in [0.25, 0.3) is 0 Å². The van der Waals surface area contributed by atoms with Crippen LogP contribution in [-0.4, -0.2) is 24.9 Å². The van der Waals surface area contributed by atoms with Crippen LogP contribution in [0.5, 0.6) is 0 Å². The number of ether oxygens (including phenoxy) is 1. The molecule has 102 valence electrons. The molecule has 2 rings (SSSR count). The van der Waals surface area contributed by atoms with E-state index in [1.165, 1.54) is 14.0 Å². The number of methoxy groups -OCH3 is 1. The summed E-state index contributed by atoms with van der Waals surface area (Å²) in [5.41, 5.74) is 0.843. The molecule has 0 aromatic heterocycles. The Labute approximate surface area is 117 Å². The van der Waals surface area contributed by atoms with Crippen molar-refractivity contribution in [3.63, 3.8) is 0 Å². The topological polar surface area (TPSA) is 55.4 Å². The van der Waals surface area contributed by atoms with E-state index in [2.05, 4.69) is 5.32 Å². The van der Waals surface area contributed by atoms with Gasteiger partial charge in [-0.25, -0.2) is 0 Å². The van der Waals surface area contributed by atoms with E-state index in [9.17, 15) is 9.59 Å². The molecule has 1 aromatic carbocycles. The molecular formula is C14H16ClNO3. The molecule has 0 saturated carbocycles. The first kappa shape index (κ1) is 14.0. The number of halogens is 1. The number of hydrogen-bond acceptors (Lipinski definition) is 4. The van der Waals surface area contributed by atoms with Gasteiger partial charge in [-0.2, -0.15) is 0 Å². The lowest BCUT2D eigenvalue weighted by molar-refractivity contribution is -0.142. The number of rotatable bonds is 3. The van der Waals surface area contributed by atoms with Crippen molar-refractivity contribution in [1.82, 2.24) is 5.32 Å². The van der Waals surface area contributed by atoms with Crippen LogP contribution in [0.1, 0.15) is 24.9 Å². The average molecular weight is 282 g/mol. The largest absolute Gasteiger partial charge is 0.468 e. The Balaban J connectivity index is 2.30. The normalized spacial score (nSPS) is 26.2. The number of ketones is 1. The summed E-state index contributed by atoms with van der Waals surface area (Å²) in [6.07, 6.45) is 0.442. The minimum atomic E-state index is -0.458. The van der Waals surface area contributed by atoms with E-state index in [0.29, 0.717) is 11.4 Å². The predicted octanol–water partition coefficient (Wildman–Crippen LogP) is 2.12. The van der Waals surface area contributed by atoms with Crippen LogP contribution in [0.2, 0.25) is 5.02 Å². The maximum absolute atomic E-state index is 11.8. The average Bonchev–Trinajstić information content (AvgIpc) is 2.83. The summed E-state index contributed by atoms with van der Waals surface area (Å²) in [5, 5.41) is 3.74. The smallest absolute Gasteiger partial charge is 0.322 e. The van der Waals surface area contributed by atoms with E-state index in [4.69, 9.17) is 16.3 Å². The van der Waals surface area contributed by atoms with Gasteiger partial charge in [-0.05, 0) is 25.0 Å². The van der Waals surface area contributed by atoms with Gasteiger partial charge in [0.15, 0.2) is 0 Å². The lowest BCUT2D eigenvalue weighted by Gasteiger charge is -2.18. The van der Waals surface area contributed by atoms with Crippen LogP contribution in [0.4, 0.5) is 0 Å². The van der Waals surface area contributed by atoms with Gasteiger partial charge in [-0.3, -0.25) is 14.9 Å². The Morgan fingerprint density at radius 3 is 2.63 bits per heavy atom. The molecular weight excluding hydrogens is 266 g/mol. The van der Waals surface area contributed by atoms with E-state index < -0.39 is 6.04 Å². The Bertz CT molecular complexity index is 503. The van der Waals surface area contributed by atoms with Crippen molar-refractivity contribution in [2.24, 2.45) is 5.92 Å². The summed E-state index contributed by atoms with van der Waals surface area (Å²) in [4.78, 5) is 23.4. The highest BCUT2D eigenvalue weighted by Gasteiger charge is 2.41. The summed E-state index contributed by atoms with van der Waals surface area (Å²) in [6, 6.07) is 6.65. The van der Waals surface area contributed by atoms with Crippen molar-refractivity contribution in [2.75, 3.05) is 7.11 Å². The third kappa shape index (κ3) is 2.80. The van der Waals surface area contributed by atoms with Gasteiger partial charge in [0, 0.05) is 17.0 Å². The Kier molecular flexibility index (Phi) is 4.22. The molecule has 5 heteroatoms. The highest BCUT2D eigenvalue weighted by molar-refractivity contribution is 6.31. The summed E-state index contributed by atoms with van der Waals surface area (Å²) in [5.74, 6) is -0.561. The lowest BCUT2D eigenvalue weighted by atomic mass is 9.90. The fourth-order valence-corrected chi connectivity index (χ4v) is 2.79. The molecule has 1 fully saturated rings. The molecule has 3 unspecified atom stereocenters. The molecule has 0 aliphatic carbocycles. The number of nitrogens with one attached hydrogen (secondary N) is 1. The first-order valence-electron chi connectivity index (χ1n) is 6.13. The Hall–Kier alpha value is -1.39. The summed E-state index contributed by atoms with van der Waals surface area (Å²) in [6.45, 7) is 1.54. The third-order valence-corrected chi connectivity index (χ3v) is 3.87. The molecule has 1 aromatic rings. The number of carbonyl (C=O) groups excluding carboxylic acids is 2. The number of esters is 1. The van der Waals surface area contributed by atoms with Gasteiger partial charge in [-0.1, -0.05) is 29.8 Å². The van der Waals surface area contributed by atoms with Crippen molar-refractivity contribution in [3.8, 4) is 0 Å². The number of Topliss-reactive ketones (excluding diaryl/α,β-unsaturated/α-hetero) is 1. The molecule has 1 aliphatic heterocycles. The van der Waals surface area contributed by atoms with Gasteiger partial charge >= 0.3 is 5.97 Å². The fraction of sp³-hybridized carbons (Fsp3) is 0.429. The van der Waals surface area contributed by atoms with Crippen LogP contribution in [0.25, 0.3) is 0 Å². The second kappa shape index (κ2) is 5.72. The van der Waals surface area contributed by atoms with Crippen LogP contribution in [0.15, 0.2) is 24.3 Å². The van der Waals surface area contributed by atoms with Crippen molar-refractivity contribution in [1.29, 1.82) is 0 Å². The van der Waals surface area contributed by atoms with Gasteiger partial charge in [0.05, 0.1) is 7.11 Å². The number of carbonyl (C=O) groups is 2. The minimum absolute atomic E-state index is 0.0452. The standard InChI is InChI=1S/C14H16ClNO3/c1-8(17)10-7-12(14(18)19-2)16-13(10)9-5-3-4-6-11(9)15/h3-6,10,12-13,16H,7H2,1-2H3. The minimum Gasteiger partial charge on any atom is -0.468 e. The zero-order chi connectivity index (χ0) is 14.0. The zero-order valence-electron chi connectivity index (χ0n) is 10.9. The highest BCUT2D eigenvalue weighted by Crippen LogP contribution is 2.36. The molecule has 0 radical (unpaired) electrons. The first-order valence-corrected chi connectivity index (χ1v) is 6.51. The summed E-state index contributed by atoms with van der Waals surface area (Å²) >= 11 is 6.17. The molecule has 1 N–H and O–H groups in total. The Morgan fingerprint density at radius 1 is 1.37 bits per heavy atom. The van der Waals surface area contributed by atoms with Crippen molar-refractivity contribution in [3.05, 3.63) is 34.9 Å². The van der Waals surface area contributed by atoms with E-state index in [1.807, 2.05) is 18.2 Å². The summed E-state index contributed by atoms with van der Waals surface area (Å²) in [7, 11) is 1.34. The molecule has 1 aliphatic rings. The van der Waals surface area contributed by atoms with E-state index in [-0.39, 0.29) is 23.7 Å². The van der Waals surface area contributed by atoms with E-state index >= 15 is 0 Å². The zero-order valence-corrected chi connectivity index (χ0v) is 11.6. The monoisotopic (exact) mass is 281 g/mol. The second-order valence-corrected chi connectivity index (χ2v) is 5.10. The third-order valence-electron chi connectivity index (χ3n) is 3.52. The van der Waals surface area contributed by atoms with Crippen molar-refractivity contribution >= 4 is 23.4 Å². The lowest BCUT2D eigenvalue weighted by Crippen LogP contribution is -2.33. The van der Waals surface area contributed by atoms with E-state index in [1.54, 1.807) is 6.07 Å². The quantitative estimate of drug-likeness (QED) is 0.863. The molecule has 1 heterocycles. The molecule has 0 spiro atoms. The fourth-order valence-electron chi connectivity index (χ4n) is 2.53. The van der Waals surface area contributed by atoms with Gasteiger partial charge in [-0.15, -0.1) is 0 Å². The molecule has 4 nitrogen and oxygen atoms in total. The first-order chi connectivity index (χ1) is 9.04. The molecule has 0 bridgehead atoms. The second-order valence-electron chi connectivity index (χ2n) is 4.69. The van der Waals surface area contributed by atoms with E-state index in [0.717, 1.165) is 5.56 Å². The van der Waals surface area contributed by atoms with Crippen LogP contribution in [-0.2, 0) is 14.3 Å². The maximum Gasteiger partial charge on any atom is 0.322 e. The highest BCUT2D eigenvalue weighted by atomic mass is 35.5. The van der Waals surface area contributed by atoms with Gasteiger partial charge in [0.1, 0.15) is 11.8 Å². The maximum atomic E-state index is 11.8. The van der Waals surface area contributed by atoms with Gasteiger partial charge in [0.2, 0.25) is 0 Å². The SMILES string of the molecule is COC(=O)C1CC(C(C)=O)C(c2ccccc2Cl)N1. The van der Waals surface area contributed by atoms with Crippen molar-refractivity contribution in [2.45, 2.75) is 25.4 Å². The molecule has 1 saturated heterocycles. The summed E-state index contributed by atoms with van der Waals surface area (Å²) < 4.78 is 4.73. The van der Waals surface area contributed by atoms with Crippen LogP contribution >= 0.6 is 11.6 Å². The Morgan fingerprint density at radius 2 is 2.05 bits per heavy atom. The van der Waals surface area contributed by atoms with Gasteiger partial charge < -0.3 is 4.74 Å². The van der Waals surface area contributed by atoms with Crippen molar-refractivity contribution < 1.29 is 14.3 Å². The molecule has 19 heavy (non-hydrogen) atoms. The predicted molar refractivity (Wildman–Crippen MR) is 71.9 cm³/mol. The van der Waals surface area contributed by atoms with Crippen LogP contribution < -0.4 is 5.32 Å². The van der Waals surface area contributed by atoms with Crippen LogP contribution in [0.3, 0.4) is 0 Å².